The molecule has 0 fully saturated rings. The molecule has 21 rings (SSSR count). The minimum Gasteiger partial charge on any atom is -0.493 e. The largest absolute Gasteiger partial charge is 0.493 e. The van der Waals surface area contributed by atoms with E-state index in [1.807, 2.05) is 62.4 Å². The van der Waals surface area contributed by atoms with Gasteiger partial charge in [0.1, 0.15) is 46.0 Å². The molecular weight excluding hydrogens is 2050 g/mol. The van der Waals surface area contributed by atoms with Gasteiger partial charge < -0.3 is 34.0 Å². The zero-order valence-corrected chi connectivity index (χ0v) is 86.5. The first kappa shape index (κ1) is 109. The molecule has 0 radical (unpaired) electrons. The third-order valence-electron chi connectivity index (χ3n) is 26.2. The van der Waals surface area contributed by atoms with Crippen molar-refractivity contribution in [2.45, 2.75) is 182 Å². The summed E-state index contributed by atoms with van der Waals surface area (Å²) in [5.41, 5.74) is 27.3. The smallest absolute Gasteiger partial charge is 0.380 e. The first-order valence-corrected chi connectivity index (χ1v) is 57.6. The van der Waals surface area contributed by atoms with Gasteiger partial charge in [-0.2, -0.15) is 94.9 Å². The summed E-state index contributed by atoms with van der Waals surface area (Å²) < 4.78 is 192. The van der Waals surface area contributed by atoms with Crippen LogP contribution in [0.25, 0.3) is 55.9 Å². The molecule has 778 valence electrons. The predicted molar refractivity (Wildman–Crippen MR) is 552 cm³/mol. The van der Waals surface area contributed by atoms with Gasteiger partial charge in [-0.3, -0.25) is 33.6 Å². The summed E-state index contributed by atoms with van der Waals surface area (Å²) in [5.74, 6) is 2.55. The Kier molecular flexibility index (Phi) is 32.8. The van der Waals surface area contributed by atoms with Gasteiger partial charge in [0.2, 0.25) is 0 Å². The molecule has 0 spiro atoms. The Labute approximate surface area is 858 Å². The van der Waals surface area contributed by atoms with E-state index in [9.17, 15) is 92.5 Å². The van der Waals surface area contributed by atoms with Gasteiger partial charge in [-0.25, -0.2) is 0 Å². The van der Waals surface area contributed by atoms with Gasteiger partial charge in [-0.1, -0.05) is 117 Å². The van der Waals surface area contributed by atoms with Gasteiger partial charge >= 0.3 is 72.1 Å². The van der Waals surface area contributed by atoms with Gasteiger partial charge in [0.25, 0.3) is 0 Å². The number of aryl methyl sites for hydroxylation is 3. The second kappa shape index (κ2) is 44.6. The number of benzene rings is 10. The Bertz CT molecular complexity index is 8070. The van der Waals surface area contributed by atoms with Gasteiger partial charge in [0, 0.05) is 72.8 Å². The molecule has 43 heteroatoms. The Balaban J connectivity index is 0.000000129. The SMILES string of the molecule is CCCC(C)CCC1=CC(=O)Cc2cc(OS(N)(=O)=O)ccc21.Cc1cc(C)c2c(c1)-c1ccc(OS(N)(=O)=O)cc1CC2=O.NS(=O)(=O)Oc1ccc2c(c1)CC(=O)C1=C2CCC1.NS(=O)(=O)Oc1ccc2c(c1)CC(=O)C1=C2CCCC1.NS(=O)(=O)Oc1ccc2c(c1)CC(=O)C1=C2OCCC1.NS(=O)(=O)Oc1ccc2c(c1)CC(=O)c1c-2ccc2c1CCCC2.NS(=O)(=O)Oc1ccc2c(c1)CC(=O)c1ccccc1-2. The van der Waals surface area contributed by atoms with E-state index in [1.165, 1.54) is 48.2 Å². The van der Waals surface area contributed by atoms with Crippen LogP contribution in [0.15, 0.2) is 199 Å². The van der Waals surface area contributed by atoms with E-state index in [0.29, 0.717) is 42.3 Å². The number of Topliss-reactive ketones (excluding diaryl/α,β-unsaturated/α-hetero) is 6. The van der Waals surface area contributed by atoms with Crippen molar-refractivity contribution in [3.05, 3.63) is 299 Å². The van der Waals surface area contributed by atoms with Crippen molar-refractivity contribution < 1.29 is 127 Å². The molecule has 148 heavy (non-hydrogen) atoms. The van der Waals surface area contributed by atoms with Crippen molar-refractivity contribution in [2.75, 3.05) is 6.61 Å². The summed E-state index contributed by atoms with van der Waals surface area (Å²) in [4.78, 5) is 85.3. The summed E-state index contributed by atoms with van der Waals surface area (Å²) in [5, 5.41) is 34.0. The van der Waals surface area contributed by atoms with E-state index in [4.69, 9.17) is 44.9 Å². The molecule has 1 atom stereocenters. The molecule has 0 saturated carbocycles. The Morgan fingerprint density at radius 3 is 1.11 bits per heavy atom. The lowest BCUT2D eigenvalue weighted by Crippen LogP contribution is -2.22. The number of carbonyl (C=O) groups excluding carboxylic acids is 7. The number of ether oxygens (including phenoxy) is 1. The van der Waals surface area contributed by atoms with E-state index >= 15 is 0 Å². The van der Waals surface area contributed by atoms with Crippen molar-refractivity contribution >= 4 is 135 Å². The van der Waals surface area contributed by atoms with Gasteiger partial charge in [0.05, 0.1) is 6.61 Å². The summed E-state index contributed by atoms with van der Waals surface area (Å²) in [6.45, 7) is 8.87. The van der Waals surface area contributed by atoms with Gasteiger partial charge in [-0.15, -0.1) is 0 Å². The third-order valence-corrected chi connectivity index (χ3v) is 29.2. The number of carbonyl (C=O) groups is 7. The van der Waals surface area contributed by atoms with E-state index < -0.39 is 72.1 Å². The highest BCUT2D eigenvalue weighted by molar-refractivity contribution is 7.86. The van der Waals surface area contributed by atoms with Crippen LogP contribution in [0.2, 0.25) is 0 Å². The van der Waals surface area contributed by atoms with Crippen LogP contribution in [0.4, 0.5) is 0 Å². The number of allylic oxidation sites excluding steroid dienone is 7. The van der Waals surface area contributed by atoms with Crippen molar-refractivity contribution in [2.24, 2.45) is 41.9 Å². The normalized spacial score (nSPS) is 16.2. The number of hydrogen-bond donors (Lipinski definition) is 7. The number of nitrogens with two attached hydrogens (primary N) is 7. The molecule has 10 aromatic rings. The van der Waals surface area contributed by atoms with Crippen molar-refractivity contribution in [1.82, 2.24) is 0 Å². The van der Waals surface area contributed by atoms with Crippen LogP contribution in [-0.2, 0) is 154 Å². The third kappa shape index (κ3) is 27.8. The van der Waals surface area contributed by atoms with Crippen LogP contribution in [0.3, 0.4) is 0 Å². The molecule has 0 bridgehead atoms. The second-order valence-electron chi connectivity index (χ2n) is 37.2. The van der Waals surface area contributed by atoms with Crippen molar-refractivity contribution in [3.8, 4) is 73.6 Å². The van der Waals surface area contributed by atoms with Crippen LogP contribution >= 0.6 is 0 Å². The lowest BCUT2D eigenvalue weighted by Gasteiger charge is -2.26. The molecule has 0 amide bonds. The number of hydrogen-bond acceptors (Lipinski definition) is 29. The molecular formula is C105H107N7O29S7. The van der Waals surface area contributed by atoms with Crippen molar-refractivity contribution in [3.63, 3.8) is 0 Å². The minimum atomic E-state index is -4.08. The second-order valence-corrected chi connectivity index (χ2v) is 45.3. The molecule has 10 aromatic carbocycles. The number of ketones is 7. The predicted octanol–water partition coefficient (Wildman–Crippen LogP) is 13.5. The Morgan fingerprint density at radius 1 is 0.297 bits per heavy atom. The fourth-order valence-electron chi connectivity index (χ4n) is 20.5. The van der Waals surface area contributed by atoms with Crippen LogP contribution in [0.5, 0.6) is 40.2 Å². The average Bonchev–Trinajstić information content (AvgIpc) is 0.925. The average molecular weight is 2160 g/mol. The highest BCUT2D eigenvalue weighted by atomic mass is 32.3. The summed E-state index contributed by atoms with van der Waals surface area (Å²) >= 11 is 0. The first-order valence-electron chi connectivity index (χ1n) is 47.3. The highest BCUT2D eigenvalue weighted by Crippen LogP contribution is 2.47. The fourth-order valence-corrected chi connectivity index (χ4v) is 23.1. The highest BCUT2D eigenvalue weighted by Gasteiger charge is 2.36. The molecule has 11 aliphatic rings. The maximum Gasteiger partial charge on any atom is 0.380 e. The Hall–Kier alpha value is -13.4. The van der Waals surface area contributed by atoms with E-state index in [1.54, 1.807) is 103 Å². The van der Waals surface area contributed by atoms with Crippen LogP contribution in [-0.4, -0.2) is 106 Å². The van der Waals surface area contributed by atoms with E-state index in [2.05, 4.69) is 45.0 Å². The van der Waals surface area contributed by atoms with Crippen LogP contribution in [0, 0.1) is 19.8 Å². The lowest BCUT2D eigenvalue weighted by molar-refractivity contribution is -0.116. The van der Waals surface area contributed by atoms with Crippen molar-refractivity contribution in [1.29, 1.82) is 0 Å². The van der Waals surface area contributed by atoms with E-state index in [-0.39, 0.29) is 113 Å². The van der Waals surface area contributed by atoms with Gasteiger partial charge in [0.15, 0.2) is 40.5 Å². The molecule has 14 N–H and O–H groups in total. The molecule has 1 aliphatic heterocycles. The Morgan fingerprint density at radius 2 is 0.642 bits per heavy atom. The molecule has 1 unspecified atom stereocenters. The molecule has 36 nitrogen and oxygen atoms in total. The topological polar surface area (TPSA) is 614 Å². The molecule has 0 aromatic heterocycles. The molecule has 10 aliphatic carbocycles. The summed E-state index contributed by atoms with van der Waals surface area (Å²) in [6.07, 6.45) is 20.2. The molecule has 1 heterocycles. The number of rotatable bonds is 19. The zero-order chi connectivity index (χ0) is 107. The van der Waals surface area contributed by atoms with E-state index in [0.717, 1.165) is 241 Å². The maximum absolute atomic E-state index is 12.7. The molecule has 0 saturated heterocycles. The number of fused-ring (bicyclic) bond motifs is 18. The van der Waals surface area contributed by atoms with Crippen LogP contribution in [0.1, 0.15) is 225 Å². The lowest BCUT2D eigenvalue weighted by atomic mass is 9.77. The van der Waals surface area contributed by atoms with Crippen LogP contribution < -0.4 is 65.3 Å². The quantitative estimate of drug-likeness (QED) is 0.0395. The standard InChI is InChI=1S/C18H17NO4S.C17H23NO4S.C16H15NO4S.C14H15NO4S.C14H11NO4S.C13H13NO5S.C13H13NO4S/c19-24(21,22)23-13-6-8-14-12(9-13)10-17(20)18-15-4-2-1-3-11(15)5-7-16(14)18;1-3-4-12(2)5-6-13-9-15(19)10-14-11-16(7-8-17(13)14)22-23(18,20)21;1-9-5-10(2)16-14(6-9)13-4-3-12(21-22(17,19)20)7-11(13)8-15(16)18;2*15-20(17,18)19-10-5-6-11-9(7-10)8-14(16)13-4-2-1-3-12(11)13;14-20(16,17)19-9-3-4-10-8(6-9)7-12(15)11-2-1-5-18-13(10)11;14-19(16,17)18-9-4-5-10-8(6-9)7-13(15)12-3-1-2-11(10)12/h5-9H,1-4,10H2,(H2,19,21,22);7-9,11-12H,3-6,10H2,1-2H3,(H2,18,20,21);3-7H,8H2,1-2H3,(H2,17,19,20);5-7H,1-4,8H2,(H2,15,17,18);1-7H,8H2,(H2,15,17,18);3-4,6H,1-2,5,7H2,(H2,14,16,17);4-6H,1-3,7H2,(H2,14,16,17). The monoisotopic (exact) mass is 2150 g/mol. The fraction of sp³-hybridized carbons (Fsp3) is 0.286. The zero-order valence-electron chi connectivity index (χ0n) is 80.8. The van der Waals surface area contributed by atoms with Gasteiger partial charge in [-0.05, 0) is 347 Å². The first-order chi connectivity index (χ1) is 69.7. The summed E-state index contributed by atoms with van der Waals surface area (Å²) in [7, 11) is -28.4. The summed E-state index contributed by atoms with van der Waals surface area (Å²) in [6, 6.07) is 49.7. The minimum absolute atomic E-state index is 0.000792. The maximum atomic E-state index is 12.7.